The van der Waals surface area contributed by atoms with Crippen LogP contribution in [0.25, 0.3) is 16.6 Å². The minimum atomic E-state index is -0.489. The van der Waals surface area contributed by atoms with E-state index in [1.807, 2.05) is 0 Å². The summed E-state index contributed by atoms with van der Waals surface area (Å²) in [5.74, 6) is 0.567. The molecule has 1 aliphatic carbocycles. The second-order valence-corrected chi connectivity index (χ2v) is 8.86. The van der Waals surface area contributed by atoms with Crippen molar-refractivity contribution in [1.82, 2.24) is 14.9 Å². The van der Waals surface area contributed by atoms with Crippen LogP contribution in [0, 0.1) is 16.0 Å². The Labute approximate surface area is 189 Å². The third-order valence-corrected chi connectivity index (χ3v) is 6.65. The number of benzene rings is 2. The average molecular weight is 453 g/mol. The van der Waals surface area contributed by atoms with Crippen molar-refractivity contribution >= 4 is 34.3 Å². The molecule has 3 aromatic rings. The molecule has 1 fully saturated rings. The normalized spacial score (nSPS) is 14.4. The van der Waals surface area contributed by atoms with Gasteiger partial charge < -0.3 is 5.32 Å². The van der Waals surface area contributed by atoms with Crippen molar-refractivity contribution in [3.05, 3.63) is 69.0 Å². The number of amides is 1. The number of thioether (sulfide) groups is 1. The van der Waals surface area contributed by atoms with Crippen LogP contribution >= 0.6 is 11.8 Å². The minimum Gasteiger partial charge on any atom is -0.355 e. The van der Waals surface area contributed by atoms with Gasteiger partial charge >= 0.3 is 0 Å². The number of nitro benzene ring substituents is 1. The first-order valence-electron chi connectivity index (χ1n) is 10.7. The van der Waals surface area contributed by atoms with Crippen molar-refractivity contribution in [2.45, 2.75) is 37.3 Å². The van der Waals surface area contributed by atoms with Gasteiger partial charge in [0.2, 0.25) is 5.91 Å². The van der Waals surface area contributed by atoms with Gasteiger partial charge in [-0.1, -0.05) is 43.2 Å². The number of aromatic nitrogens is 2. The summed E-state index contributed by atoms with van der Waals surface area (Å²) in [5, 5.41) is 14.8. The number of nitro groups is 1. The van der Waals surface area contributed by atoms with Crippen molar-refractivity contribution in [2.75, 3.05) is 12.3 Å². The zero-order valence-electron chi connectivity index (χ0n) is 17.5. The van der Waals surface area contributed by atoms with E-state index in [4.69, 9.17) is 0 Å². The molecule has 4 rings (SSSR count). The summed E-state index contributed by atoms with van der Waals surface area (Å²) in [6.07, 6.45) is 6.02. The third-order valence-electron chi connectivity index (χ3n) is 5.71. The van der Waals surface area contributed by atoms with Crippen molar-refractivity contribution in [3.63, 3.8) is 0 Å². The van der Waals surface area contributed by atoms with Crippen LogP contribution in [0.1, 0.15) is 32.1 Å². The van der Waals surface area contributed by atoms with Gasteiger partial charge in [-0.15, -0.1) is 0 Å². The fraction of sp³-hybridized carbons (Fsp3) is 0.348. The van der Waals surface area contributed by atoms with Gasteiger partial charge in [0.25, 0.3) is 11.2 Å². The van der Waals surface area contributed by atoms with Gasteiger partial charge in [-0.25, -0.2) is 4.98 Å². The number of carbonyl (C=O) groups excluding carboxylic acids is 1. The molecule has 0 unspecified atom stereocenters. The molecule has 1 N–H and O–H groups in total. The van der Waals surface area contributed by atoms with E-state index in [0.717, 1.165) is 12.8 Å². The molecule has 2 aromatic carbocycles. The summed E-state index contributed by atoms with van der Waals surface area (Å²) in [4.78, 5) is 40.8. The lowest BCUT2D eigenvalue weighted by molar-refractivity contribution is -0.384. The molecule has 0 saturated heterocycles. The van der Waals surface area contributed by atoms with Gasteiger partial charge in [-0.3, -0.25) is 24.3 Å². The summed E-state index contributed by atoms with van der Waals surface area (Å²) in [6.45, 7) is 0.680. The van der Waals surface area contributed by atoms with Gasteiger partial charge in [0.05, 0.1) is 27.3 Å². The summed E-state index contributed by atoms with van der Waals surface area (Å²) < 4.78 is 1.41. The first-order valence-corrected chi connectivity index (χ1v) is 11.7. The van der Waals surface area contributed by atoms with Gasteiger partial charge in [0.15, 0.2) is 5.16 Å². The second kappa shape index (κ2) is 9.95. The average Bonchev–Trinajstić information content (AvgIpc) is 2.82. The Morgan fingerprint density at radius 3 is 2.56 bits per heavy atom. The third kappa shape index (κ3) is 4.99. The number of para-hydroxylation sites is 1. The largest absolute Gasteiger partial charge is 0.355 e. The predicted molar refractivity (Wildman–Crippen MR) is 124 cm³/mol. The maximum absolute atomic E-state index is 13.2. The Hall–Kier alpha value is -3.20. The Kier molecular flexibility index (Phi) is 6.84. The van der Waals surface area contributed by atoms with Crippen LogP contribution in [0.5, 0.6) is 0 Å². The second-order valence-electron chi connectivity index (χ2n) is 7.92. The topological polar surface area (TPSA) is 107 Å². The van der Waals surface area contributed by atoms with E-state index < -0.39 is 4.92 Å². The molecule has 0 aliphatic heterocycles. The summed E-state index contributed by atoms with van der Waals surface area (Å²) in [6, 6.07) is 12.7. The molecule has 0 atom stereocenters. The molecular weight excluding hydrogens is 428 g/mol. The lowest BCUT2D eigenvalue weighted by atomic mass is 9.89. The van der Waals surface area contributed by atoms with Crippen molar-refractivity contribution < 1.29 is 9.72 Å². The first kappa shape index (κ1) is 22.0. The quantitative estimate of drug-likeness (QED) is 0.250. The van der Waals surface area contributed by atoms with Crippen LogP contribution in [0.2, 0.25) is 0 Å². The highest BCUT2D eigenvalue weighted by Crippen LogP contribution is 2.24. The Morgan fingerprint density at radius 1 is 1.12 bits per heavy atom. The molecule has 1 aliphatic rings. The van der Waals surface area contributed by atoms with Crippen molar-refractivity contribution in [1.29, 1.82) is 0 Å². The lowest BCUT2D eigenvalue weighted by Gasteiger charge is -2.21. The highest BCUT2D eigenvalue weighted by Gasteiger charge is 2.17. The van der Waals surface area contributed by atoms with E-state index in [-0.39, 0.29) is 22.9 Å². The van der Waals surface area contributed by atoms with Crippen molar-refractivity contribution in [3.8, 4) is 5.69 Å². The number of rotatable bonds is 7. The first-order chi connectivity index (χ1) is 15.5. The zero-order valence-corrected chi connectivity index (χ0v) is 18.3. The zero-order chi connectivity index (χ0) is 22.5. The number of hydrogen-bond donors (Lipinski definition) is 1. The molecule has 1 saturated carbocycles. The smallest absolute Gasteiger partial charge is 0.269 e. The van der Waals surface area contributed by atoms with Gasteiger partial charge in [-0.05, 0) is 43.0 Å². The van der Waals surface area contributed by atoms with Gasteiger partial charge in [0.1, 0.15) is 0 Å². The van der Waals surface area contributed by atoms with E-state index >= 15 is 0 Å². The number of non-ortho nitro benzene ring substituents is 1. The van der Waals surface area contributed by atoms with Crippen LogP contribution < -0.4 is 10.9 Å². The highest BCUT2D eigenvalue weighted by molar-refractivity contribution is 7.99. The van der Waals surface area contributed by atoms with Crippen LogP contribution in [-0.2, 0) is 4.79 Å². The Balaban J connectivity index is 1.58. The Bertz CT molecular complexity index is 1190. The van der Waals surface area contributed by atoms with Crippen LogP contribution in [-0.4, -0.2) is 32.7 Å². The fourth-order valence-corrected chi connectivity index (χ4v) is 4.83. The van der Waals surface area contributed by atoms with Crippen molar-refractivity contribution in [2.24, 2.45) is 5.92 Å². The SMILES string of the molecule is O=C(CSc1nc2ccccc2c(=O)n1-c1ccc([N+](=O)[O-])cc1)NCC1CCCCC1. The molecule has 1 amide bonds. The number of carbonyl (C=O) groups is 1. The maximum atomic E-state index is 13.2. The molecule has 0 spiro atoms. The van der Waals surface area contributed by atoms with E-state index in [2.05, 4.69) is 10.3 Å². The summed E-state index contributed by atoms with van der Waals surface area (Å²) >= 11 is 1.18. The monoisotopic (exact) mass is 452 g/mol. The lowest BCUT2D eigenvalue weighted by Crippen LogP contribution is -2.31. The maximum Gasteiger partial charge on any atom is 0.269 e. The van der Waals surface area contributed by atoms with E-state index in [1.165, 1.54) is 59.9 Å². The molecule has 166 valence electrons. The molecule has 8 nitrogen and oxygen atoms in total. The molecular formula is C23H24N4O4S. The number of nitrogens with zero attached hydrogens (tertiary/aromatic N) is 3. The molecule has 0 radical (unpaired) electrons. The van der Waals surface area contributed by atoms with Crippen LogP contribution in [0.3, 0.4) is 0 Å². The fourth-order valence-electron chi connectivity index (χ4n) is 3.99. The number of nitrogens with one attached hydrogen (secondary N) is 1. The molecule has 32 heavy (non-hydrogen) atoms. The standard InChI is InChI=1S/C23H24N4O4S/c28-21(24-14-16-6-2-1-3-7-16)15-32-23-25-20-9-5-4-8-19(20)22(29)26(23)17-10-12-18(13-11-17)27(30)31/h4-5,8-13,16H,1-3,6-7,14-15H2,(H,24,28). The van der Waals surface area contributed by atoms with Gasteiger partial charge in [0, 0.05) is 18.7 Å². The highest BCUT2D eigenvalue weighted by atomic mass is 32.2. The Morgan fingerprint density at radius 2 is 1.84 bits per heavy atom. The van der Waals surface area contributed by atoms with Crippen LogP contribution in [0.15, 0.2) is 58.5 Å². The van der Waals surface area contributed by atoms with E-state index in [9.17, 15) is 19.7 Å². The van der Waals surface area contributed by atoms with Gasteiger partial charge in [-0.2, -0.15) is 0 Å². The molecule has 1 heterocycles. The molecule has 9 heteroatoms. The van der Waals surface area contributed by atoms with Crippen LogP contribution in [0.4, 0.5) is 5.69 Å². The predicted octanol–water partition coefficient (Wildman–Crippen LogP) is 4.08. The molecule has 0 bridgehead atoms. The molecule has 1 aromatic heterocycles. The van der Waals surface area contributed by atoms with E-state index in [1.54, 1.807) is 24.3 Å². The summed E-state index contributed by atoms with van der Waals surface area (Å²) in [5.41, 5.74) is 0.658. The minimum absolute atomic E-state index is 0.0631. The summed E-state index contributed by atoms with van der Waals surface area (Å²) in [7, 11) is 0. The van der Waals surface area contributed by atoms with E-state index in [0.29, 0.717) is 34.2 Å². The number of fused-ring (bicyclic) bond motifs is 1. The number of hydrogen-bond acceptors (Lipinski definition) is 6.